The van der Waals surface area contributed by atoms with E-state index >= 15 is 0 Å². The summed E-state index contributed by atoms with van der Waals surface area (Å²) in [6, 6.07) is 10.9. The molecule has 1 aliphatic carbocycles. The molecular formula is C24H31F2N3O3S. The third-order valence-electron chi connectivity index (χ3n) is 5.70. The van der Waals surface area contributed by atoms with Gasteiger partial charge < -0.3 is 11.1 Å². The van der Waals surface area contributed by atoms with Crippen LogP contribution in [-0.4, -0.2) is 38.7 Å². The quantitative estimate of drug-likeness (QED) is 0.452. The van der Waals surface area contributed by atoms with Gasteiger partial charge in [-0.2, -0.15) is 0 Å². The highest BCUT2D eigenvalue weighted by atomic mass is 32.2. The Bertz CT molecular complexity index is 1070. The van der Waals surface area contributed by atoms with E-state index < -0.39 is 34.0 Å². The second kappa shape index (κ2) is 9.87. The van der Waals surface area contributed by atoms with Crippen molar-refractivity contribution in [2.75, 3.05) is 6.26 Å². The largest absolute Gasteiger partial charge is 0.337 e. The van der Waals surface area contributed by atoms with Crippen molar-refractivity contribution in [2.24, 2.45) is 11.7 Å². The molecule has 0 aromatic heterocycles. The van der Waals surface area contributed by atoms with E-state index in [2.05, 4.69) is 10.6 Å². The van der Waals surface area contributed by atoms with E-state index in [0.29, 0.717) is 24.8 Å². The van der Waals surface area contributed by atoms with Crippen LogP contribution in [0.15, 0.2) is 53.4 Å². The molecule has 0 bridgehead atoms. The van der Waals surface area contributed by atoms with Crippen LogP contribution in [0.5, 0.6) is 0 Å². The van der Waals surface area contributed by atoms with E-state index in [1.165, 1.54) is 12.1 Å². The molecular weight excluding hydrogens is 448 g/mol. The Hall–Kier alpha value is -2.36. The normalized spacial score (nSPS) is 17.1. The van der Waals surface area contributed by atoms with Crippen LogP contribution in [0.25, 0.3) is 11.1 Å². The Morgan fingerprint density at radius 1 is 1.03 bits per heavy atom. The molecule has 1 aliphatic rings. The number of hydrogen-bond acceptors (Lipinski definition) is 5. The molecule has 2 aromatic carbocycles. The Morgan fingerprint density at radius 3 is 1.97 bits per heavy atom. The number of rotatable bonds is 10. The van der Waals surface area contributed by atoms with Crippen LogP contribution in [0.4, 0.5) is 8.78 Å². The molecule has 0 unspecified atom stereocenters. The van der Waals surface area contributed by atoms with Gasteiger partial charge in [-0.1, -0.05) is 50.2 Å². The molecule has 1 saturated carbocycles. The summed E-state index contributed by atoms with van der Waals surface area (Å²) < 4.78 is 51.3. The zero-order valence-corrected chi connectivity index (χ0v) is 19.8. The number of sulfone groups is 1. The van der Waals surface area contributed by atoms with Crippen molar-refractivity contribution in [3.05, 3.63) is 54.1 Å². The van der Waals surface area contributed by atoms with Crippen LogP contribution < -0.4 is 16.4 Å². The maximum Gasteiger partial charge on any atom is 0.257 e. The number of hydrogen-bond donors (Lipinski definition) is 3. The van der Waals surface area contributed by atoms with Crippen molar-refractivity contribution in [1.29, 1.82) is 0 Å². The molecule has 0 saturated heterocycles. The summed E-state index contributed by atoms with van der Waals surface area (Å²) in [5.41, 5.74) is 7.15. The first kappa shape index (κ1) is 25.3. The second-order valence-corrected chi connectivity index (χ2v) is 11.2. The van der Waals surface area contributed by atoms with Crippen LogP contribution in [0, 0.1) is 5.92 Å². The molecule has 2 atom stereocenters. The molecule has 1 amide bonds. The van der Waals surface area contributed by atoms with E-state index in [0.717, 1.165) is 17.4 Å². The maximum absolute atomic E-state index is 14.0. The highest BCUT2D eigenvalue weighted by Gasteiger charge is 2.41. The molecule has 0 aliphatic heterocycles. The van der Waals surface area contributed by atoms with Crippen molar-refractivity contribution < 1.29 is 22.0 Å². The number of nitrogens with two attached hydrogens (primary N) is 1. The van der Waals surface area contributed by atoms with Gasteiger partial charge in [-0.25, -0.2) is 17.2 Å². The SMILES string of the molecule is CC(C)C[C@H](N[C@@H](c1ccc(-c2ccc(S(C)(=O)=O)cc2)cc1)C(F)F)C(=O)NC1(N)CC1. The van der Waals surface area contributed by atoms with E-state index in [-0.39, 0.29) is 16.7 Å². The fourth-order valence-electron chi connectivity index (χ4n) is 3.62. The van der Waals surface area contributed by atoms with Gasteiger partial charge in [-0.05, 0) is 54.0 Å². The van der Waals surface area contributed by atoms with Gasteiger partial charge in [0.15, 0.2) is 9.84 Å². The average Bonchev–Trinajstić information content (AvgIpc) is 3.46. The smallest absolute Gasteiger partial charge is 0.257 e. The monoisotopic (exact) mass is 479 g/mol. The van der Waals surface area contributed by atoms with Crippen LogP contribution in [0.2, 0.25) is 0 Å². The van der Waals surface area contributed by atoms with Gasteiger partial charge in [0.25, 0.3) is 6.43 Å². The highest BCUT2D eigenvalue weighted by molar-refractivity contribution is 7.90. The van der Waals surface area contributed by atoms with Crippen molar-refractivity contribution in [3.8, 4) is 11.1 Å². The molecule has 3 rings (SSSR count). The molecule has 9 heteroatoms. The zero-order chi connectivity index (χ0) is 24.4. The number of halogens is 2. The Kier molecular flexibility index (Phi) is 7.55. The molecule has 180 valence electrons. The van der Waals surface area contributed by atoms with Crippen LogP contribution in [0.1, 0.15) is 44.7 Å². The summed E-state index contributed by atoms with van der Waals surface area (Å²) >= 11 is 0. The predicted octanol–water partition coefficient (Wildman–Crippen LogP) is 3.63. The van der Waals surface area contributed by atoms with Gasteiger partial charge in [0.1, 0.15) is 0 Å². The number of alkyl halides is 2. The molecule has 1 fully saturated rings. The molecule has 33 heavy (non-hydrogen) atoms. The highest BCUT2D eigenvalue weighted by Crippen LogP contribution is 2.30. The van der Waals surface area contributed by atoms with Crippen LogP contribution >= 0.6 is 0 Å². The number of benzene rings is 2. The van der Waals surface area contributed by atoms with Gasteiger partial charge in [0.2, 0.25) is 5.91 Å². The lowest BCUT2D eigenvalue weighted by Crippen LogP contribution is -2.53. The van der Waals surface area contributed by atoms with E-state index in [4.69, 9.17) is 5.73 Å². The van der Waals surface area contributed by atoms with Gasteiger partial charge in [-0.3, -0.25) is 10.1 Å². The summed E-state index contributed by atoms with van der Waals surface area (Å²) in [5, 5.41) is 5.62. The minimum absolute atomic E-state index is 0.122. The second-order valence-electron chi connectivity index (χ2n) is 9.22. The summed E-state index contributed by atoms with van der Waals surface area (Å²) in [7, 11) is -3.30. The minimum atomic E-state index is -3.30. The van der Waals surface area contributed by atoms with Gasteiger partial charge in [0, 0.05) is 6.26 Å². The fraction of sp³-hybridized carbons (Fsp3) is 0.458. The first-order valence-electron chi connectivity index (χ1n) is 10.9. The molecule has 0 radical (unpaired) electrons. The standard InChI is InChI=1S/C24H31F2N3O3S/c1-15(2)14-20(23(30)29-24(27)12-13-24)28-21(22(25)26)18-6-4-16(5-7-18)17-8-10-19(11-9-17)33(3,31)32/h4-11,15,20-22,28H,12-14,27H2,1-3H3,(H,29,30)/t20-,21-/m0/s1. The van der Waals surface area contributed by atoms with Crippen molar-refractivity contribution >= 4 is 15.7 Å². The Balaban J connectivity index is 1.78. The summed E-state index contributed by atoms with van der Waals surface area (Å²) in [5.74, 6) is -0.242. The third-order valence-corrected chi connectivity index (χ3v) is 6.83. The van der Waals surface area contributed by atoms with Crippen molar-refractivity contribution in [2.45, 2.75) is 62.2 Å². The molecule has 0 heterocycles. The topological polar surface area (TPSA) is 101 Å². The maximum atomic E-state index is 14.0. The third kappa shape index (κ3) is 6.82. The Morgan fingerprint density at radius 2 is 1.55 bits per heavy atom. The van der Waals surface area contributed by atoms with E-state index in [1.807, 2.05) is 13.8 Å². The molecule has 0 spiro atoms. The van der Waals surface area contributed by atoms with Gasteiger partial charge >= 0.3 is 0 Å². The van der Waals surface area contributed by atoms with E-state index in [1.54, 1.807) is 36.4 Å². The Labute approximate surface area is 193 Å². The number of nitrogens with one attached hydrogen (secondary N) is 2. The lowest BCUT2D eigenvalue weighted by atomic mass is 9.98. The number of carbonyl (C=O) groups is 1. The van der Waals surface area contributed by atoms with Gasteiger partial charge in [0.05, 0.1) is 22.6 Å². The summed E-state index contributed by atoms with van der Waals surface area (Å²) in [6.07, 6.45) is 0.172. The van der Waals surface area contributed by atoms with Crippen molar-refractivity contribution in [3.63, 3.8) is 0 Å². The van der Waals surface area contributed by atoms with Crippen LogP contribution in [-0.2, 0) is 14.6 Å². The molecule has 4 N–H and O–H groups in total. The van der Waals surface area contributed by atoms with Crippen LogP contribution in [0.3, 0.4) is 0 Å². The molecule has 2 aromatic rings. The summed E-state index contributed by atoms with van der Waals surface area (Å²) in [6.45, 7) is 3.86. The lowest BCUT2D eigenvalue weighted by Gasteiger charge is -2.27. The fourth-order valence-corrected chi connectivity index (χ4v) is 4.25. The predicted molar refractivity (Wildman–Crippen MR) is 124 cm³/mol. The van der Waals surface area contributed by atoms with Crippen molar-refractivity contribution in [1.82, 2.24) is 10.6 Å². The molecule has 6 nitrogen and oxygen atoms in total. The first-order valence-corrected chi connectivity index (χ1v) is 12.8. The lowest BCUT2D eigenvalue weighted by molar-refractivity contribution is -0.125. The van der Waals surface area contributed by atoms with E-state index in [9.17, 15) is 22.0 Å². The number of carbonyl (C=O) groups excluding carboxylic acids is 1. The zero-order valence-electron chi connectivity index (χ0n) is 19.0. The minimum Gasteiger partial charge on any atom is -0.337 e. The number of amides is 1. The van der Waals surface area contributed by atoms with Gasteiger partial charge in [-0.15, -0.1) is 0 Å². The average molecular weight is 480 g/mol. The first-order chi connectivity index (χ1) is 15.4. The summed E-state index contributed by atoms with van der Waals surface area (Å²) in [4.78, 5) is 12.9.